The Morgan fingerprint density at radius 1 is 0.921 bits per heavy atom. The molecule has 0 atom stereocenters. The Morgan fingerprint density at radius 2 is 1.53 bits per heavy atom. The molecule has 1 aliphatic heterocycles. The number of aryl methyl sites for hydroxylation is 1. The summed E-state index contributed by atoms with van der Waals surface area (Å²) in [7, 11) is -3.60. The second-order valence-electron chi connectivity index (χ2n) is 8.85. The van der Waals surface area contributed by atoms with E-state index in [4.69, 9.17) is 21.1 Å². The molecule has 1 N–H and O–H groups in total. The maximum absolute atomic E-state index is 13.3. The summed E-state index contributed by atoms with van der Waals surface area (Å²) < 4.78 is 39.0. The third-order valence-corrected chi connectivity index (χ3v) is 8.43. The van der Waals surface area contributed by atoms with Gasteiger partial charge in [0.15, 0.2) is 0 Å². The average molecular weight is 558 g/mol. The second-order valence-corrected chi connectivity index (χ2v) is 11.2. The first-order chi connectivity index (χ1) is 18.2. The molecule has 3 aromatic rings. The molecule has 3 aromatic carbocycles. The molecule has 0 aromatic heterocycles. The highest BCUT2D eigenvalue weighted by Gasteiger charge is 2.30. The van der Waals surface area contributed by atoms with Crippen LogP contribution in [-0.4, -0.2) is 58.0 Å². The van der Waals surface area contributed by atoms with Crippen LogP contribution in [0.15, 0.2) is 65.6 Å². The van der Waals surface area contributed by atoms with E-state index in [9.17, 15) is 13.2 Å². The predicted octanol–water partition coefficient (Wildman–Crippen LogP) is 5.21. The molecule has 0 spiro atoms. The summed E-state index contributed by atoms with van der Waals surface area (Å²) >= 11 is 6.60. The second kappa shape index (κ2) is 12.1. The number of carbonyl (C=O) groups excluding carboxylic acids is 1. The number of carbonyl (C=O) groups is 1. The van der Waals surface area contributed by atoms with Crippen LogP contribution >= 0.6 is 11.6 Å². The fraction of sp³-hybridized carbons (Fsp3) is 0.321. The minimum Gasteiger partial charge on any atom is -0.494 e. The largest absolute Gasteiger partial charge is 0.494 e. The summed E-state index contributed by atoms with van der Waals surface area (Å²) in [4.78, 5) is 15.5. The van der Waals surface area contributed by atoms with Crippen LogP contribution in [0, 0.1) is 6.92 Å². The summed E-state index contributed by atoms with van der Waals surface area (Å²) in [6.07, 6.45) is 0. The van der Waals surface area contributed by atoms with Crippen LogP contribution in [0.2, 0.25) is 5.02 Å². The van der Waals surface area contributed by atoms with E-state index in [0.29, 0.717) is 72.9 Å². The van der Waals surface area contributed by atoms with E-state index >= 15 is 0 Å². The van der Waals surface area contributed by atoms with Gasteiger partial charge in [0.05, 0.1) is 34.5 Å². The average Bonchev–Trinajstić information content (AvgIpc) is 2.89. The lowest BCUT2D eigenvalue weighted by Gasteiger charge is -2.36. The summed E-state index contributed by atoms with van der Waals surface area (Å²) in [5.74, 6) is 0.748. The van der Waals surface area contributed by atoms with Crippen molar-refractivity contribution >= 4 is 38.9 Å². The lowest BCUT2D eigenvalue weighted by atomic mass is 10.1. The topological polar surface area (TPSA) is 88.2 Å². The first-order valence-electron chi connectivity index (χ1n) is 12.5. The quantitative estimate of drug-likeness (QED) is 0.388. The Bertz CT molecular complexity index is 1360. The van der Waals surface area contributed by atoms with Gasteiger partial charge in [0.2, 0.25) is 10.0 Å². The molecule has 0 saturated carbocycles. The van der Waals surface area contributed by atoms with Gasteiger partial charge in [-0.05, 0) is 57.2 Å². The van der Waals surface area contributed by atoms with Crippen molar-refractivity contribution in [3.8, 4) is 11.5 Å². The summed E-state index contributed by atoms with van der Waals surface area (Å²) in [6.45, 7) is 8.02. The Hall–Kier alpha value is -3.27. The molecule has 1 heterocycles. The molecule has 4 rings (SSSR count). The Labute approximate surface area is 229 Å². The molecule has 10 heteroatoms. The number of piperazine rings is 1. The number of anilines is 2. The van der Waals surface area contributed by atoms with Crippen molar-refractivity contribution in [2.45, 2.75) is 25.7 Å². The van der Waals surface area contributed by atoms with E-state index in [1.807, 2.05) is 25.7 Å². The molecule has 202 valence electrons. The van der Waals surface area contributed by atoms with Crippen molar-refractivity contribution in [1.29, 1.82) is 0 Å². The first-order valence-corrected chi connectivity index (χ1v) is 14.4. The van der Waals surface area contributed by atoms with Crippen LogP contribution in [0.25, 0.3) is 0 Å². The fourth-order valence-corrected chi connectivity index (χ4v) is 6.06. The van der Waals surface area contributed by atoms with Gasteiger partial charge in [-0.2, -0.15) is 4.31 Å². The van der Waals surface area contributed by atoms with Gasteiger partial charge < -0.3 is 19.7 Å². The van der Waals surface area contributed by atoms with Gasteiger partial charge in [0.25, 0.3) is 5.91 Å². The lowest BCUT2D eigenvalue weighted by Crippen LogP contribution is -2.49. The number of ether oxygens (including phenoxy) is 2. The zero-order chi connectivity index (χ0) is 27.3. The van der Waals surface area contributed by atoms with E-state index in [0.717, 1.165) is 5.56 Å². The Morgan fingerprint density at radius 3 is 2.11 bits per heavy atom. The first kappa shape index (κ1) is 27.8. The molecular weight excluding hydrogens is 526 g/mol. The Balaban J connectivity index is 1.53. The molecule has 0 unspecified atom stereocenters. The Kier molecular flexibility index (Phi) is 8.81. The van der Waals surface area contributed by atoms with Crippen LogP contribution in [-0.2, 0) is 10.0 Å². The van der Waals surface area contributed by atoms with E-state index in [1.165, 1.54) is 4.31 Å². The standard InChI is InChI=1S/C28H32ClN3O5S/c1-4-36-22-17-21(18-23(19-22)37-5-2)28(33)30-26-8-6-7-25(29)27(26)31-13-15-32(16-14-31)38(34,35)24-11-9-20(3)10-12-24/h6-12,17-19H,4-5,13-16H2,1-3H3,(H,30,33). The monoisotopic (exact) mass is 557 g/mol. The third kappa shape index (κ3) is 6.23. The van der Waals surface area contributed by atoms with Gasteiger partial charge in [0.1, 0.15) is 11.5 Å². The SMILES string of the molecule is CCOc1cc(OCC)cc(C(=O)Nc2cccc(Cl)c2N2CCN(S(=O)(=O)c3ccc(C)cc3)CC2)c1. The van der Waals surface area contributed by atoms with Crippen molar-refractivity contribution in [3.63, 3.8) is 0 Å². The van der Waals surface area contributed by atoms with E-state index < -0.39 is 10.0 Å². The minimum atomic E-state index is -3.60. The van der Waals surface area contributed by atoms with Crippen LogP contribution < -0.4 is 19.7 Å². The number of halogens is 1. The van der Waals surface area contributed by atoms with Gasteiger partial charge in [-0.3, -0.25) is 4.79 Å². The molecule has 1 saturated heterocycles. The summed E-state index contributed by atoms with van der Waals surface area (Å²) in [5.41, 5.74) is 2.58. The van der Waals surface area contributed by atoms with Crippen molar-refractivity contribution in [2.24, 2.45) is 0 Å². The lowest BCUT2D eigenvalue weighted by molar-refractivity contribution is 0.102. The number of benzene rings is 3. The number of rotatable bonds is 9. The normalized spacial score (nSPS) is 14.3. The van der Waals surface area contributed by atoms with E-state index in [1.54, 1.807) is 60.7 Å². The highest BCUT2D eigenvalue weighted by atomic mass is 35.5. The molecular formula is C28H32ClN3O5S. The minimum absolute atomic E-state index is 0.281. The molecule has 1 fully saturated rings. The fourth-order valence-electron chi connectivity index (χ4n) is 4.35. The van der Waals surface area contributed by atoms with E-state index in [-0.39, 0.29) is 10.8 Å². The zero-order valence-electron chi connectivity index (χ0n) is 21.7. The number of nitrogens with one attached hydrogen (secondary N) is 1. The highest BCUT2D eigenvalue weighted by molar-refractivity contribution is 7.89. The van der Waals surface area contributed by atoms with Crippen molar-refractivity contribution in [3.05, 3.63) is 76.8 Å². The molecule has 1 amide bonds. The molecule has 0 aliphatic carbocycles. The summed E-state index contributed by atoms with van der Waals surface area (Å²) in [5, 5.41) is 3.44. The van der Waals surface area contributed by atoms with Gasteiger partial charge in [0, 0.05) is 37.8 Å². The van der Waals surface area contributed by atoms with Gasteiger partial charge >= 0.3 is 0 Å². The number of sulfonamides is 1. The molecule has 8 nitrogen and oxygen atoms in total. The number of nitrogens with zero attached hydrogens (tertiary/aromatic N) is 2. The molecule has 1 aliphatic rings. The van der Waals surface area contributed by atoms with Crippen LogP contribution in [0.5, 0.6) is 11.5 Å². The van der Waals surface area contributed by atoms with Gasteiger partial charge in [-0.1, -0.05) is 35.4 Å². The predicted molar refractivity (Wildman–Crippen MR) is 150 cm³/mol. The van der Waals surface area contributed by atoms with Crippen LogP contribution in [0.4, 0.5) is 11.4 Å². The summed E-state index contributed by atoms with van der Waals surface area (Å²) in [6, 6.07) is 17.2. The van der Waals surface area contributed by atoms with Crippen molar-refractivity contribution < 1.29 is 22.7 Å². The number of hydrogen-bond donors (Lipinski definition) is 1. The molecule has 0 radical (unpaired) electrons. The van der Waals surface area contributed by atoms with Crippen molar-refractivity contribution in [1.82, 2.24) is 4.31 Å². The maximum Gasteiger partial charge on any atom is 0.255 e. The molecule has 0 bridgehead atoms. The van der Waals surface area contributed by atoms with Crippen LogP contribution in [0.3, 0.4) is 0 Å². The van der Waals surface area contributed by atoms with E-state index in [2.05, 4.69) is 5.32 Å². The number of para-hydroxylation sites is 1. The van der Waals surface area contributed by atoms with Gasteiger partial charge in [-0.25, -0.2) is 8.42 Å². The van der Waals surface area contributed by atoms with Crippen LogP contribution in [0.1, 0.15) is 29.8 Å². The smallest absolute Gasteiger partial charge is 0.255 e. The van der Waals surface area contributed by atoms with Gasteiger partial charge in [-0.15, -0.1) is 0 Å². The highest BCUT2D eigenvalue weighted by Crippen LogP contribution is 2.36. The number of hydrogen-bond acceptors (Lipinski definition) is 6. The zero-order valence-corrected chi connectivity index (χ0v) is 23.3. The molecule has 38 heavy (non-hydrogen) atoms. The maximum atomic E-state index is 13.3. The number of amides is 1. The third-order valence-electron chi connectivity index (χ3n) is 6.21. The van der Waals surface area contributed by atoms with Crippen molar-refractivity contribution in [2.75, 3.05) is 49.6 Å².